The Kier molecular flexibility index (Phi) is 3.54. The predicted octanol–water partition coefficient (Wildman–Crippen LogP) is 8.57. The summed E-state index contributed by atoms with van der Waals surface area (Å²) in [6.07, 6.45) is 2.33. The van der Waals surface area contributed by atoms with Crippen LogP contribution >= 0.6 is 0 Å². The van der Waals surface area contributed by atoms with E-state index in [9.17, 15) is 0 Å². The zero-order valence-electron chi connectivity index (χ0n) is 17.7. The van der Waals surface area contributed by atoms with E-state index >= 15 is 0 Å². The van der Waals surface area contributed by atoms with E-state index in [1.807, 2.05) is 6.07 Å². The number of hydrogen-bond donors (Lipinski definition) is 0. The third kappa shape index (κ3) is 2.34. The molecule has 32 heavy (non-hydrogen) atoms. The van der Waals surface area contributed by atoms with Crippen molar-refractivity contribution in [3.8, 4) is 22.6 Å². The number of aryl methyl sites for hydroxylation is 1. The number of rotatable bonds is 2. The van der Waals surface area contributed by atoms with E-state index in [0.29, 0.717) is 0 Å². The Morgan fingerprint density at radius 1 is 0.656 bits per heavy atom. The van der Waals surface area contributed by atoms with Gasteiger partial charge >= 0.3 is 0 Å². The second kappa shape index (κ2) is 6.45. The molecular weight excluding hydrogens is 388 g/mol. The Morgan fingerprint density at radius 2 is 1.38 bits per heavy atom. The molecule has 2 aliphatic carbocycles. The molecule has 1 heteroatoms. The quantitative estimate of drug-likeness (QED) is 0.279. The van der Waals surface area contributed by atoms with E-state index in [1.165, 1.54) is 54.9 Å². The molecule has 4 aromatic carbocycles. The molecule has 150 valence electrons. The molecule has 0 amide bonds. The summed E-state index contributed by atoms with van der Waals surface area (Å²) in [5.74, 6) is 1.88. The zero-order valence-corrected chi connectivity index (χ0v) is 17.7. The third-order valence-corrected chi connectivity index (χ3v) is 6.73. The van der Waals surface area contributed by atoms with Crippen LogP contribution in [0.2, 0.25) is 0 Å². The van der Waals surface area contributed by atoms with Crippen LogP contribution in [0.3, 0.4) is 0 Å². The van der Waals surface area contributed by atoms with Crippen molar-refractivity contribution in [3.63, 3.8) is 0 Å². The molecule has 0 unspecified atom stereocenters. The molecule has 0 bridgehead atoms. The SMILES string of the molecule is Cc1cc(-c2ccccc2)oc2c(C3=Cc4cccc5cccc3c45)c3ccccc3c1-2. The van der Waals surface area contributed by atoms with Crippen molar-refractivity contribution in [2.75, 3.05) is 0 Å². The summed E-state index contributed by atoms with van der Waals surface area (Å²) in [7, 11) is 0. The Labute approximate surface area is 186 Å². The summed E-state index contributed by atoms with van der Waals surface area (Å²) >= 11 is 0. The lowest BCUT2D eigenvalue weighted by Gasteiger charge is -2.12. The minimum atomic E-state index is 0.904. The summed E-state index contributed by atoms with van der Waals surface area (Å²) < 4.78 is 6.71. The van der Waals surface area contributed by atoms with Gasteiger partial charge in [0, 0.05) is 16.7 Å². The van der Waals surface area contributed by atoms with E-state index < -0.39 is 0 Å². The highest BCUT2D eigenvalue weighted by atomic mass is 16.3. The maximum atomic E-state index is 6.71. The molecule has 0 spiro atoms. The van der Waals surface area contributed by atoms with Crippen molar-refractivity contribution in [1.82, 2.24) is 0 Å². The molecule has 3 aliphatic rings. The van der Waals surface area contributed by atoms with Gasteiger partial charge in [-0.3, -0.25) is 0 Å². The summed E-state index contributed by atoms with van der Waals surface area (Å²) in [6.45, 7) is 2.19. The van der Waals surface area contributed by atoms with Gasteiger partial charge in [-0.05, 0) is 62.9 Å². The minimum Gasteiger partial charge on any atom is -0.455 e. The average molecular weight is 409 g/mol. The van der Waals surface area contributed by atoms with Crippen molar-refractivity contribution in [2.45, 2.75) is 6.92 Å². The summed E-state index contributed by atoms with van der Waals surface area (Å²) in [6, 6.07) is 34.4. The topological polar surface area (TPSA) is 13.1 Å². The van der Waals surface area contributed by atoms with E-state index in [1.54, 1.807) is 0 Å². The Hall–Kier alpha value is -4.10. The largest absolute Gasteiger partial charge is 0.455 e. The van der Waals surface area contributed by atoms with Crippen molar-refractivity contribution >= 4 is 33.2 Å². The highest BCUT2D eigenvalue weighted by Crippen LogP contribution is 2.50. The molecule has 7 rings (SSSR count). The molecule has 0 saturated heterocycles. The van der Waals surface area contributed by atoms with Crippen LogP contribution in [0.4, 0.5) is 0 Å². The standard InChI is InChI=1S/C31H20O/c1-19-17-27(20-9-3-2-4-10-20)32-31-28(19)23-14-5-6-15-24(23)30(31)26-18-22-13-7-11-21-12-8-16-25(26)29(21)22/h2-18H,1H3. The van der Waals surface area contributed by atoms with Crippen LogP contribution in [-0.4, -0.2) is 0 Å². The molecule has 1 heterocycles. The molecule has 0 radical (unpaired) electrons. The summed E-state index contributed by atoms with van der Waals surface area (Å²) in [4.78, 5) is 0. The lowest BCUT2D eigenvalue weighted by atomic mass is 9.96. The predicted molar refractivity (Wildman–Crippen MR) is 134 cm³/mol. The average Bonchev–Trinajstić information content (AvgIpc) is 3.37. The van der Waals surface area contributed by atoms with Crippen LogP contribution in [0.5, 0.6) is 0 Å². The minimum absolute atomic E-state index is 0.904. The van der Waals surface area contributed by atoms with Gasteiger partial charge in [0.2, 0.25) is 0 Å². The van der Waals surface area contributed by atoms with Crippen LogP contribution in [0.1, 0.15) is 22.3 Å². The van der Waals surface area contributed by atoms with Gasteiger partial charge in [-0.25, -0.2) is 0 Å². The van der Waals surface area contributed by atoms with Gasteiger partial charge in [0.15, 0.2) is 0 Å². The first kappa shape index (κ1) is 17.6. The van der Waals surface area contributed by atoms with Crippen LogP contribution in [0.25, 0.3) is 55.8 Å². The van der Waals surface area contributed by atoms with E-state index in [2.05, 4.69) is 104 Å². The second-order valence-electron chi connectivity index (χ2n) is 8.59. The molecule has 4 aromatic rings. The zero-order chi connectivity index (χ0) is 21.2. The van der Waals surface area contributed by atoms with Gasteiger partial charge in [0.25, 0.3) is 0 Å². The monoisotopic (exact) mass is 408 g/mol. The molecule has 0 aromatic heterocycles. The maximum absolute atomic E-state index is 6.71. The fourth-order valence-electron chi connectivity index (χ4n) is 5.36. The number of benzene rings is 4. The molecule has 0 fully saturated rings. The van der Waals surface area contributed by atoms with Gasteiger partial charge in [0.05, 0.1) is 0 Å². The van der Waals surface area contributed by atoms with Gasteiger partial charge in [0.1, 0.15) is 11.5 Å². The second-order valence-corrected chi connectivity index (χ2v) is 8.59. The molecule has 0 saturated carbocycles. The van der Waals surface area contributed by atoms with Crippen molar-refractivity contribution in [3.05, 3.63) is 119 Å². The van der Waals surface area contributed by atoms with Crippen molar-refractivity contribution in [2.24, 2.45) is 0 Å². The highest BCUT2D eigenvalue weighted by Gasteiger charge is 2.28. The molecule has 0 atom stereocenters. The van der Waals surface area contributed by atoms with Crippen molar-refractivity contribution in [1.29, 1.82) is 0 Å². The molecule has 1 nitrogen and oxygen atoms in total. The molecule has 1 aliphatic heterocycles. The van der Waals surface area contributed by atoms with E-state index in [0.717, 1.165) is 17.1 Å². The van der Waals surface area contributed by atoms with Crippen LogP contribution < -0.4 is 0 Å². The first-order chi connectivity index (χ1) is 15.8. The normalized spacial score (nSPS) is 12.7. The highest BCUT2D eigenvalue weighted by molar-refractivity contribution is 6.21. The van der Waals surface area contributed by atoms with Crippen molar-refractivity contribution < 1.29 is 4.42 Å². The van der Waals surface area contributed by atoms with Crippen LogP contribution in [-0.2, 0) is 0 Å². The Balaban J connectivity index is 1.59. The Morgan fingerprint density at radius 3 is 2.19 bits per heavy atom. The summed E-state index contributed by atoms with van der Waals surface area (Å²) in [5.41, 5.74) is 8.55. The number of hydrogen-bond acceptors (Lipinski definition) is 1. The fourth-order valence-corrected chi connectivity index (χ4v) is 5.36. The lowest BCUT2D eigenvalue weighted by Crippen LogP contribution is -1.90. The lowest BCUT2D eigenvalue weighted by molar-refractivity contribution is 0.581. The third-order valence-electron chi connectivity index (χ3n) is 6.73. The van der Waals surface area contributed by atoms with Crippen LogP contribution in [0, 0.1) is 6.92 Å². The summed E-state index contributed by atoms with van der Waals surface area (Å²) in [5, 5.41) is 5.11. The first-order valence-corrected chi connectivity index (χ1v) is 11.0. The Bertz CT molecular complexity index is 1660. The van der Waals surface area contributed by atoms with Gasteiger partial charge in [-0.1, -0.05) is 91.0 Å². The molecule has 0 N–H and O–H groups in total. The number of fused-ring (bicyclic) bond motifs is 3. The van der Waals surface area contributed by atoms with Crippen LogP contribution in [0.15, 0.2) is 101 Å². The smallest absolute Gasteiger partial charge is 0.144 e. The van der Waals surface area contributed by atoms with Gasteiger partial charge in [-0.15, -0.1) is 0 Å². The first-order valence-electron chi connectivity index (χ1n) is 11.0. The maximum Gasteiger partial charge on any atom is 0.144 e. The van der Waals surface area contributed by atoms with Gasteiger partial charge < -0.3 is 4.42 Å². The van der Waals surface area contributed by atoms with E-state index in [4.69, 9.17) is 4.42 Å². The molecular formula is C31H20O. The fraction of sp³-hybridized carbons (Fsp3) is 0.0323. The van der Waals surface area contributed by atoms with E-state index in [-0.39, 0.29) is 0 Å². The van der Waals surface area contributed by atoms with Gasteiger partial charge in [-0.2, -0.15) is 0 Å².